The molecule has 2 heterocycles. The van der Waals surface area contributed by atoms with Crippen LogP contribution in [0.5, 0.6) is 0 Å². The zero-order valence-corrected chi connectivity index (χ0v) is 15.4. The summed E-state index contributed by atoms with van der Waals surface area (Å²) in [6.45, 7) is 8.22. The number of rotatable bonds is 11. The molecule has 0 spiro atoms. The Kier molecular flexibility index (Phi) is 8.75. The number of ether oxygens (including phenoxy) is 1. The van der Waals surface area contributed by atoms with E-state index in [1.54, 1.807) is 0 Å². The van der Waals surface area contributed by atoms with Crippen LogP contribution in [0.1, 0.15) is 38.9 Å². The lowest BCUT2D eigenvalue weighted by Gasteiger charge is -2.11. The lowest BCUT2D eigenvalue weighted by Crippen LogP contribution is -2.38. The van der Waals surface area contributed by atoms with Crippen LogP contribution in [0.25, 0.3) is 5.65 Å². The fourth-order valence-electron chi connectivity index (χ4n) is 2.40. The fraction of sp³-hybridized carbons (Fsp3) is 0.611. The number of aliphatic imine (C=N–C) groups is 1. The highest BCUT2D eigenvalue weighted by Crippen LogP contribution is 2.02. The van der Waals surface area contributed by atoms with Crippen molar-refractivity contribution in [3.8, 4) is 0 Å². The molecule has 2 aromatic heterocycles. The normalized spacial score (nSPS) is 11.8. The lowest BCUT2D eigenvalue weighted by molar-refractivity contribution is 0.130. The molecule has 0 amide bonds. The third kappa shape index (κ3) is 6.70. The van der Waals surface area contributed by atoms with E-state index in [1.807, 2.05) is 28.8 Å². The first kappa shape index (κ1) is 19.2. The topological polar surface area (TPSA) is 75.8 Å². The van der Waals surface area contributed by atoms with Gasteiger partial charge in [0.1, 0.15) is 5.82 Å². The highest BCUT2D eigenvalue weighted by molar-refractivity contribution is 5.79. The van der Waals surface area contributed by atoms with Gasteiger partial charge in [0, 0.05) is 45.5 Å². The minimum Gasteiger partial charge on any atom is -0.381 e. The van der Waals surface area contributed by atoms with Crippen molar-refractivity contribution in [2.24, 2.45) is 4.99 Å². The van der Waals surface area contributed by atoms with Crippen molar-refractivity contribution in [1.82, 2.24) is 25.2 Å². The molecule has 0 saturated carbocycles. The molecule has 0 aliphatic rings. The summed E-state index contributed by atoms with van der Waals surface area (Å²) < 4.78 is 7.57. The molecule has 7 nitrogen and oxygen atoms in total. The van der Waals surface area contributed by atoms with E-state index in [0.717, 1.165) is 69.5 Å². The summed E-state index contributed by atoms with van der Waals surface area (Å²) >= 11 is 0. The van der Waals surface area contributed by atoms with E-state index in [2.05, 4.69) is 39.7 Å². The standard InChI is InChI=1S/C18H30N6O/c1-3-5-14-25-15-8-11-20-18(19-4-2)21-12-10-17-23-22-16-9-6-7-13-24(16)17/h6-7,9,13H,3-5,8,10-12,14-15H2,1-2H3,(H2,19,20,21). The maximum Gasteiger partial charge on any atom is 0.191 e. The number of nitrogens with zero attached hydrogens (tertiary/aromatic N) is 4. The predicted octanol–water partition coefficient (Wildman–Crippen LogP) is 2.03. The Hall–Kier alpha value is -2.15. The molecule has 0 atom stereocenters. The highest BCUT2D eigenvalue weighted by Gasteiger charge is 2.04. The molecule has 2 rings (SSSR count). The SMILES string of the molecule is CCCCOCCCN=C(NCC)NCCc1nnc2ccccn12. The van der Waals surface area contributed by atoms with Gasteiger partial charge in [0.05, 0.1) is 0 Å². The van der Waals surface area contributed by atoms with Gasteiger partial charge in [-0.15, -0.1) is 10.2 Å². The van der Waals surface area contributed by atoms with Gasteiger partial charge in [-0.1, -0.05) is 19.4 Å². The minimum atomic E-state index is 0.758. The Balaban J connectivity index is 1.72. The van der Waals surface area contributed by atoms with Gasteiger partial charge in [0.25, 0.3) is 0 Å². The van der Waals surface area contributed by atoms with Gasteiger partial charge in [-0.05, 0) is 31.9 Å². The van der Waals surface area contributed by atoms with Crippen LogP contribution in [-0.2, 0) is 11.2 Å². The van der Waals surface area contributed by atoms with E-state index < -0.39 is 0 Å². The summed E-state index contributed by atoms with van der Waals surface area (Å²) in [5.74, 6) is 1.79. The third-order valence-corrected chi connectivity index (χ3v) is 3.73. The zero-order valence-electron chi connectivity index (χ0n) is 15.4. The van der Waals surface area contributed by atoms with E-state index in [4.69, 9.17) is 4.74 Å². The van der Waals surface area contributed by atoms with Crippen LogP contribution in [0.4, 0.5) is 0 Å². The molecule has 0 aliphatic heterocycles. The van der Waals surface area contributed by atoms with Gasteiger partial charge in [-0.3, -0.25) is 9.39 Å². The van der Waals surface area contributed by atoms with Gasteiger partial charge in [-0.25, -0.2) is 0 Å². The van der Waals surface area contributed by atoms with Crippen LogP contribution in [0.15, 0.2) is 29.4 Å². The van der Waals surface area contributed by atoms with E-state index in [0.29, 0.717) is 0 Å². The Morgan fingerprint density at radius 3 is 2.88 bits per heavy atom. The second-order valence-corrected chi connectivity index (χ2v) is 5.80. The lowest BCUT2D eigenvalue weighted by atomic mass is 10.4. The van der Waals surface area contributed by atoms with Crippen LogP contribution >= 0.6 is 0 Å². The number of hydrogen-bond donors (Lipinski definition) is 2. The second kappa shape index (κ2) is 11.4. The maximum absolute atomic E-state index is 5.56. The van der Waals surface area contributed by atoms with Crippen molar-refractivity contribution in [1.29, 1.82) is 0 Å². The molecule has 25 heavy (non-hydrogen) atoms. The van der Waals surface area contributed by atoms with E-state index in [-0.39, 0.29) is 0 Å². The van der Waals surface area contributed by atoms with Crippen molar-refractivity contribution in [3.05, 3.63) is 30.2 Å². The smallest absolute Gasteiger partial charge is 0.191 e. The molecule has 2 N–H and O–H groups in total. The fourth-order valence-corrected chi connectivity index (χ4v) is 2.40. The molecular weight excluding hydrogens is 316 g/mol. The molecule has 0 bridgehead atoms. The number of guanidine groups is 1. The van der Waals surface area contributed by atoms with Crippen LogP contribution in [-0.4, -0.2) is 53.4 Å². The molecule has 0 unspecified atom stereocenters. The summed E-state index contributed by atoms with van der Waals surface area (Å²) in [4.78, 5) is 4.58. The number of unbranched alkanes of at least 4 members (excludes halogenated alkanes) is 1. The summed E-state index contributed by atoms with van der Waals surface area (Å²) in [7, 11) is 0. The van der Waals surface area contributed by atoms with Gasteiger partial charge < -0.3 is 15.4 Å². The van der Waals surface area contributed by atoms with Crippen LogP contribution in [0.2, 0.25) is 0 Å². The molecule has 0 radical (unpaired) electrons. The van der Waals surface area contributed by atoms with Crippen LogP contribution in [0.3, 0.4) is 0 Å². The van der Waals surface area contributed by atoms with E-state index in [9.17, 15) is 0 Å². The molecule has 0 aromatic carbocycles. The van der Waals surface area contributed by atoms with Crippen LogP contribution < -0.4 is 10.6 Å². The van der Waals surface area contributed by atoms with Crippen LogP contribution in [0, 0.1) is 0 Å². The molecule has 138 valence electrons. The third-order valence-electron chi connectivity index (χ3n) is 3.73. The first-order chi connectivity index (χ1) is 12.3. The van der Waals surface area contributed by atoms with Gasteiger partial charge >= 0.3 is 0 Å². The quantitative estimate of drug-likeness (QED) is 0.370. The molecule has 2 aromatic rings. The Labute approximate surface area is 149 Å². The largest absolute Gasteiger partial charge is 0.381 e. The van der Waals surface area contributed by atoms with Crippen molar-refractivity contribution >= 4 is 11.6 Å². The van der Waals surface area contributed by atoms with Gasteiger partial charge in [0.15, 0.2) is 11.6 Å². The zero-order chi connectivity index (χ0) is 17.7. The summed E-state index contributed by atoms with van der Waals surface area (Å²) in [5.41, 5.74) is 0.876. The summed E-state index contributed by atoms with van der Waals surface area (Å²) in [5, 5.41) is 15.0. The van der Waals surface area contributed by atoms with Crippen molar-refractivity contribution in [2.75, 3.05) is 32.8 Å². The molecule has 7 heteroatoms. The monoisotopic (exact) mass is 346 g/mol. The number of nitrogens with one attached hydrogen (secondary N) is 2. The highest BCUT2D eigenvalue weighted by atomic mass is 16.5. The minimum absolute atomic E-state index is 0.758. The average Bonchev–Trinajstić information content (AvgIpc) is 3.04. The Morgan fingerprint density at radius 1 is 1.16 bits per heavy atom. The molecule has 0 fully saturated rings. The summed E-state index contributed by atoms with van der Waals surface area (Å²) in [6, 6.07) is 5.91. The predicted molar refractivity (Wildman–Crippen MR) is 101 cm³/mol. The van der Waals surface area contributed by atoms with Crippen molar-refractivity contribution in [3.63, 3.8) is 0 Å². The maximum atomic E-state index is 5.56. The molecule has 0 aliphatic carbocycles. The number of pyridine rings is 1. The number of fused-ring (bicyclic) bond motifs is 1. The average molecular weight is 346 g/mol. The van der Waals surface area contributed by atoms with Gasteiger partial charge in [-0.2, -0.15) is 0 Å². The Bertz CT molecular complexity index is 639. The van der Waals surface area contributed by atoms with E-state index >= 15 is 0 Å². The van der Waals surface area contributed by atoms with Crippen molar-refractivity contribution < 1.29 is 4.74 Å². The van der Waals surface area contributed by atoms with Crippen molar-refractivity contribution in [2.45, 2.75) is 39.5 Å². The molecule has 0 saturated heterocycles. The van der Waals surface area contributed by atoms with Gasteiger partial charge in [0.2, 0.25) is 0 Å². The number of aromatic nitrogens is 3. The molecular formula is C18H30N6O. The van der Waals surface area contributed by atoms with E-state index in [1.165, 1.54) is 6.42 Å². The Morgan fingerprint density at radius 2 is 2.04 bits per heavy atom. The first-order valence-electron chi connectivity index (χ1n) is 9.23. The second-order valence-electron chi connectivity index (χ2n) is 5.80. The first-order valence-corrected chi connectivity index (χ1v) is 9.23. The summed E-state index contributed by atoms with van der Waals surface area (Å²) in [6.07, 6.45) is 6.02. The number of hydrogen-bond acceptors (Lipinski definition) is 4.